The Labute approximate surface area is 192 Å². The van der Waals surface area contributed by atoms with E-state index in [1.165, 1.54) is 18.9 Å². The number of hydrogen-bond acceptors (Lipinski definition) is 5. The molecule has 3 unspecified atom stereocenters. The number of aliphatic carboxylic acids is 1. The Balaban J connectivity index is 1.33. The van der Waals surface area contributed by atoms with Crippen molar-refractivity contribution in [3.05, 3.63) is 59.7 Å². The predicted octanol–water partition coefficient (Wildman–Crippen LogP) is 2.86. The maximum absolute atomic E-state index is 12.7. The van der Waals surface area contributed by atoms with E-state index in [2.05, 4.69) is 29.6 Å². The van der Waals surface area contributed by atoms with Gasteiger partial charge < -0.3 is 24.8 Å². The van der Waals surface area contributed by atoms with Gasteiger partial charge in [-0.25, -0.2) is 9.59 Å². The van der Waals surface area contributed by atoms with Crippen LogP contribution in [0.4, 0.5) is 4.79 Å². The molecule has 1 aliphatic carbocycles. The summed E-state index contributed by atoms with van der Waals surface area (Å²) < 4.78 is 11.1. The van der Waals surface area contributed by atoms with E-state index in [9.17, 15) is 14.4 Å². The number of likely N-dealkylation sites (N-methyl/N-ethyl adjacent to an activating group) is 1. The lowest BCUT2D eigenvalue weighted by Gasteiger charge is -2.27. The van der Waals surface area contributed by atoms with E-state index in [1.54, 1.807) is 0 Å². The summed E-state index contributed by atoms with van der Waals surface area (Å²) in [5, 5.41) is 11.9. The van der Waals surface area contributed by atoms with E-state index in [0.717, 1.165) is 22.3 Å². The van der Waals surface area contributed by atoms with Crippen LogP contribution in [-0.4, -0.2) is 66.9 Å². The highest BCUT2D eigenvalue weighted by Crippen LogP contribution is 2.44. The molecular formula is C25H28N2O6. The maximum atomic E-state index is 12.7. The molecule has 2 N–H and O–H groups in total. The topological polar surface area (TPSA) is 105 Å². The van der Waals surface area contributed by atoms with Crippen LogP contribution in [0.2, 0.25) is 0 Å². The van der Waals surface area contributed by atoms with E-state index < -0.39 is 30.1 Å². The fourth-order valence-electron chi connectivity index (χ4n) is 4.54. The molecule has 0 spiro atoms. The molecule has 1 fully saturated rings. The zero-order chi connectivity index (χ0) is 23.5. The van der Waals surface area contributed by atoms with E-state index in [0.29, 0.717) is 13.0 Å². The smallest absolute Gasteiger partial charge is 0.407 e. The van der Waals surface area contributed by atoms with Crippen molar-refractivity contribution in [1.29, 1.82) is 0 Å². The van der Waals surface area contributed by atoms with Gasteiger partial charge >= 0.3 is 12.1 Å². The molecule has 0 saturated carbocycles. The second kappa shape index (κ2) is 9.62. The first-order valence-corrected chi connectivity index (χ1v) is 11.1. The number of carbonyl (C=O) groups excluding carboxylic acids is 2. The molecule has 1 heterocycles. The predicted molar refractivity (Wildman–Crippen MR) is 121 cm³/mol. The average molecular weight is 453 g/mol. The van der Waals surface area contributed by atoms with E-state index >= 15 is 0 Å². The Morgan fingerprint density at radius 2 is 1.73 bits per heavy atom. The molecule has 2 aromatic carbocycles. The normalized spacial score (nSPS) is 19.9. The molecule has 0 aromatic heterocycles. The lowest BCUT2D eigenvalue weighted by molar-refractivity contribution is -0.153. The van der Waals surface area contributed by atoms with Crippen molar-refractivity contribution >= 4 is 18.0 Å². The number of carbonyl (C=O) groups is 3. The minimum absolute atomic E-state index is 0.0292. The van der Waals surface area contributed by atoms with Crippen LogP contribution in [0.15, 0.2) is 48.5 Å². The number of alkyl carbamates (subject to hydrolysis) is 1. The molecule has 0 bridgehead atoms. The van der Waals surface area contributed by atoms with Gasteiger partial charge in [-0.15, -0.1) is 0 Å². The van der Waals surface area contributed by atoms with Crippen molar-refractivity contribution in [3.63, 3.8) is 0 Å². The Morgan fingerprint density at radius 3 is 2.33 bits per heavy atom. The fraction of sp³-hybridized carbons (Fsp3) is 0.400. The van der Waals surface area contributed by atoms with E-state index in [1.807, 2.05) is 24.3 Å². The zero-order valence-corrected chi connectivity index (χ0v) is 18.7. The second-order valence-electron chi connectivity index (χ2n) is 8.51. The van der Waals surface area contributed by atoms with Gasteiger partial charge in [0.1, 0.15) is 18.8 Å². The number of benzene rings is 2. The van der Waals surface area contributed by atoms with Crippen LogP contribution in [0.3, 0.4) is 0 Å². The zero-order valence-electron chi connectivity index (χ0n) is 18.7. The largest absolute Gasteiger partial charge is 0.480 e. The van der Waals surface area contributed by atoms with Crippen LogP contribution in [0, 0.1) is 5.92 Å². The molecule has 3 atom stereocenters. The Hall–Kier alpha value is -3.39. The molecule has 4 rings (SSSR count). The number of carboxylic acids is 1. The molecule has 0 radical (unpaired) electrons. The monoisotopic (exact) mass is 452 g/mol. The number of rotatable bonds is 7. The molecule has 174 valence electrons. The van der Waals surface area contributed by atoms with Crippen molar-refractivity contribution in [2.24, 2.45) is 5.92 Å². The summed E-state index contributed by atoms with van der Waals surface area (Å²) in [5.74, 6) is -1.77. The SMILES string of the molecule is CC(C(=O)O)N(C)C(=O)C1OCCC1CNC(=O)OCC1c2ccccc2-c2ccccc21. The summed E-state index contributed by atoms with van der Waals surface area (Å²) in [6, 6.07) is 15.3. The first kappa shape index (κ1) is 22.8. The number of fused-ring (bicyclic) bond motifs is 3. The minimum Gasteiger partial charge on any atom is -0.480 e. The van der Waals surface area contributed by atoms with Gasteiger partial charge in [-0.3, -0.25) is 4.79 Å². The fourth-order valence-corrected chi connectivity index (χ4v) is 4.54. The summed E-state index contributed by atoms with van der Waals surface area (Å²) in [4.78, 5) is 37.5. The Kier molecular flexibility index (Phi) is 6.65. The molecule has 2 aliphatic rings. The van der Waals surface area contributed by atoms with Crippen molar-refractivity contribution in [2.45, 2.75) is 31.4 Å². The van der Waals surface area contributed by atoms with E-state index in [-0.39, 0.29) is 25.0 Å². The van der Waals surface area contributed by atoms with Crippen LogP contribution < -0.4 is 5.32 Å². The van der Waals surface area contributed by atoms with Gasteiger partial charge in [-0.1, -0.05) is 48.5 Å². The average Bonchev–Trinajstić information content (AvgIpc) is 3.42. The molecule has 8 nitrogen and oxygen atoms in total. The molecule has 2 amide bonds. The van der Waals surface area contributed by atoms with Gasteiger partial charge in [0.2, 0.25) is 0 Å². The van der Waals surface area contributed by atoms with Crippen molar-refractivity contribution in [1.82, 2.24) is 10.2 Å². The first-order chi connectivity index (χ1) is 15.9. The third-order valence-electron chi connectivity index (χ3n) is 6.60. The van der Waals surface area contributed by atoms with Gasteiger partial charge in [-0.2, -0.15) is 0 Å². The Morgan fingerprint density at radius 1 is 1.12 bits per heavy atom. The number of hydrogen-bond donors (Lipinski definition) is 2. The summed E-state index contributed by atoms with van der Waals surface area (Å²) in [6.07, 6.45) is -0.747. The molecule has 2 aromatic rings. The summed E-state index contributed by atoms with van der Waals surface area (Å²) >= 11 is 0. The highest BCUT2D eigenvalue weighted by molar-refractivity contribution is 5.86. The van der Waals surface area contributed by atoms with E-state index in [4.69, 9.17) is 14.6 Å². The van der Waals surface area contributed by atoms with Crippen LogP contribution in [0.25, 0.3) is 11.1 Å². The Bertz CT molecular complexity index is 1010. The highest BCUT2D eigenvalue weighted by Gasteiger charge is 2.38. The van der Waals surface area contributed by atoms with Crippen LogP contribution in [0.1, 0.15) is 30.4 Å². The van der Waals surface area contributed by atoms with Gasteiger partial charge in [0.15, 0.2) is 0 Å². The van der Waals surface area contributed by atoms with Crippen molar-refractivity contribution in [2.75, 3.05) is 26.8 Å². The second-order valence-corrected chi connectivity index (χ2v) is 8.51. The third kappa shape index (κ3) is 4.57. The van der Waals surface area contributed by atoms with Crippen molar-refractivity contribution < 1.29 is 29.0 Å². The lowest BCUT2D eigenvalue weighted by atomic mass is 9.98. The molecule has 1 aliphatic heterocycles. The number of amides is 2. The number of ether oxygens (including phenoxy) is 2. The van der Waals surface area contributed by atoms with Crippen molar-refractivity contribution in [3.8, 4) is 11.1 Å². The van der Waals surface area contributed by atoms with Crippen LogP contribution >= 0.6 is 0 Å². The quantitative estimate of drug-likeness (QED) is 0.669. The van der Waals surface area contributed by atoms with Crippen LogP contribution in [-0.2, 0) is 19.1 Å². The van der Waals surface area contributed by atoms with Crippen LogP contribution in [0.5, 0.6) is 0 Å². The number of nitrogens with zero attached hydrogens (tertiary/aromatic N) is 1. The summed E-state index contributed by atoms with van der Waals surface area (Å²) in [5.41, 5.74) is 4.59. The molecule has 1 saturated heterocycles. The molecular weight excluding hydrogens is 424 g/mol. The van der Waals surface area contributed by atoms with Gasteiger partial charge in [0.05, 0.1) is 0 Å². The van der Waals surface area contributed by atoms with Gasteiger partial charge in [0.25, 0.3) is 5.91 Å². The van der Waals surface area contributed by atoms with Gasteiger partial charge in [0, 0.05) is 32.0 Å². The summed E-state index contributed by atoms with van der Waals surface area (Å²) in [7, 11) is 1.44. The standard InChI is InChI=1S/C25H28N2O6/c1-15(24(29)30)27(2)23(28)22-16(11-12-32-22)13-26-25(31)33-14-21-19-9-5-3-7-17(19)18-8-4-6-10-20(18)21/h3-10,15-16,21-22H,11-14H2,1-2H3,(H,26,31)(H,29,30). The highest BCUT2D eigenvalue weighted by atomic mass is 16.5. The summed E-state index contributed by atoms with van der Waals surface area (Å²) in [6.45, 7) is 2.24. The van der Waals surface area contributed by atoms with Gasteiger partial charge in [-0.05, 0) is 35.6 Å². The molecule has 8 heteroatoms. The first-order valence-electron chi connectivity index (χ1n) is 11.1. The third-order valence-corrected chi connectivity index (χ3v) is 6.60. The maximum Gasteiger partial charge on any atom is 0.407 e. The number of carboxylic acid groups (broad SMARTS) is 1. The lowest BCUT2D eigenvalue weighted by Crippen LogP contribution is -2.48. The number of nitrogens with one attached hydrogen (secondary N) is 1. The minimum atomic E-state index is -1.09. The molecule has 33 heavy (non-hydrogen) atoms.